The van der Waals surface area contributed by atoms with Crippen LogP contribution in [0, 0.1) is 11.6 Å². The molecule has 1 amide bonds. The Morgan fingerprint density at radius 1 is 0.889 bits per heavy atom. The molecule has 1 aromatic carbocycles. The normalized spacial score (nSPS) is 10.4. The van der Waals surface area contributed by atoms with E-state index >= 15 is 0 Å². The second-order valence-electron chi connectivity index (χ2n) is 5.44. The second-order valence-corrected chi connectivity index (χ2v) is 5.44. The van der Waals surface area contributed by atoms with Gasteiger partial charge in [-0.05, 0) is 12.1 Å². The zero-order chi connectivity index (χ0) is 20.1. The number of amides is 1. The lowest BCUT2D eigenvalue weighted by Crippen LogP contribution is -2.55. The average molecular weight is 378 g/mol. The Morgan fingerprint density at radius 3 is 1.78 bits per heavy atom. The van der Waals surface area contributed by atoms with Crippen molar-refractivity contribution < 1.29 is 13.6 Å². The number of nitrogens with zero attached hydrogens (tertiary/aromatic N) is 3. The highest BCUT2D eigenvalue weighted by atomic mass is 19.1. The number of aromatic nitrogens is 3. The third kappa shape index (κ3) is 4.35. The Kier molecular flexibility index (Phi) is 6.01. The van der Waals surface area contributed by atoms with Gasteiger partial charge in [-0.15, -0.1) is 13.2 Å². The molecule has 0 radical (unpaired) electrons. The molecule has 27 heavy (non-hydrogen) atoms. The van der Waals surface area contributed by atoms with Gasteiger partial charge in [0.05, 0.1) is 13.1 Å². The molecule has 0 aliphatic rings. The van der Waals surface area contributed by atoms with Crippen LogP contribution in [-0.2, 0) is 24.4 Å². The van der Waals surface area contributed by atoms with Crippen molar-refractivity contribution >= 4 is 11.6 Å². The van der Waals surface area contributed by atoms with Crippen LogP contribution in [0.4, 0.5) is 14.5 Å². The van der Waals surface area contributed by atoms with E-state index in [1.54, 1.807) is 0 Å². The lowest BCUT2D eigenvalue weighted by Gasteiger charge is -2.12. The maximum absolute atomic E-state index is 13.2. The first-order valence-corrected chi connectivity index (χ1v) is 7.70. The quantitative estimate of drug-likeness (QED) is 0.708. The summed E-state index contributed by atoms with van der Waals surface area (Å²) in [7, 11) is 0. The Balaban J connectivity index is 2.45. The van der Waals surface area contributed by atoms with Crippen molar-refractivity contribution in [1.29, 1.82) is 0 Å². The summed E-state index contributed by atoms with van der Waals surface area (Å²) in [5, 5.41) is 2.19. The largest absolute Gasteiger partial charge is 0.337 e. The molecule has 142 valence electrons. The maximum Gasteiger partial charge on any atom is 0.337 e. The van der Waals surface area contributed by atoms with Crippen molar-refractivity contribution in [3.63, 3.8) is 0 Å². The molecule has 0 bridgehead atoms. The maximum atomic E-state index is 13.2. The molecule has 2 rings (SSSR count). The Bertz CT molecular complexity index is 1010. The minimum Gasteiger partial charge on any atom is -0.324 e. The molecular weight excluding hydrogens is 362 g/mol. The summed E-state index contributed by atoms with van der Waals surface area (Å²) >= 11 is 0. The molecular formula is C17H16F2N4O4. The van der Waals surface area contributed by atoms with Crippen LogP contribution in [0.3, 0.4) is 0 Å². The summed E-state index contributed by atoms with van der Waals surface area (Å²) in [5.41, 5.74) is -3.07. The van der Waals surface area contributed by atoms with Crippen molar-refractivity contribution in [1.82, 2.24) is 13.7 Å². The molecule has 2 aromatic rings. The van der Waals surface area contributed by atoms with Crippen LogP contribution in [0.2, 0.25) is 0 Å². The minimum atomic E-state index is -1.01. The molecule has 1 heterocycles. The minimum absolute atomic E-state index is 0.175. The van der Waals surface area contributed by atoms with Crippen LogP contribution in [0.5, 0.6) is 0 Å². The fraction of sp³-hybridized carbons (Fsp3) is 0.176. The van der Waals surface area contributed by atoms with Gasteiger partial charge in [-0.3, -0.25) is 4.79 Å². The van der Waals surface area contributed by atoms with E-state index in [0.29, 0.717) is 10.6 Å². The molecule has 0 atom stereocenters. The third-order valence-corrected chi connectivity index (χ3v) is 3.46. The summed E-state index contributed by atoms with van der Waals surface area (Å²) in [6.07, 6.45) is 2.57. The molecule has 0 aliphatic carbocycles. The number of allylic oxidation sites excluding steroid dienone is 2. The highest BCUT2D eigenvalue weighted by Crippen LogP contribution is 2.12. The number of benzene rings is 1. The van der Waals surface area contributed by atoms with E-state index in [4.69, 9.17) is 0 Å². The average Bonchev–Trinajstić information content (AvgIpc) is 2.58. The van der Waals surface area contributed by atoms with Gasteiger partial charge in [0.25, 0.3) is 0 Å². The lowest BCUT2D eigenvalue weighted by molar-refractivity contribution is -0.116. The van der Waals surface area contributed by atoms with Crippen molar-refractivity contribution in [2.75, 3.05) is 5.32 Å². The smallest absolute Gasteiger partial charge is 0.324 e. The van der Waals surface area contributed by atoms with Crippen LogP contribution in [0.1, 0.15) is 0 Å². The van der Waals surface area contributed by atoms with Crippen LogP contribution in [0.15, 0.2) is 57.9 Å². The molecule has 0 saturated carbocycles. The predicted molar refractivity (Wildman–Crippen MR) is 94.6 cm³/mol. The molecule has 0 aliphatic heterocycles. The predicted octanol–water partition coefficient (Wildman–Crippen LogP) is 0.461. The fourth-order valence-electron chi connectivity index (χ4n) is 2.36. The molecule has 0 fully saturated rings. The summed E-state index contributed by atoms with van der Waals surface area (Å²) in [4.78, 5) is 49.2. The first-order valence-electron chi connectivity index (χ1n) is 7.70. The van der Waals surface area contributed by atoms with Gasteiger partial charge in [-0.1, -0.05) is 12.2 Å². The number of carbonyl (C=O) groups excluding carboxylic acids is 1. The monoisotopic (exact) mass is 378 g/mol. The van der Waals surface area contributed by atoms with Crippen molar-refractivity contribution in [2.24, 2.45) is 0 Å². The molecule has 8 nitrogen and oxygen atoms in total. The van der Waals surface area contributed by atoms with E-state index in [1.807, 2.05) is 0 Å². The number of hydrogen-bond donors (Lipinski definition) is 1. The van der Waals surface area contributed by atoms with Crippen molar-refractivity contribution in [3.05, 3.63) is 86.6 Å². The van der Waals surface area contributed by atoms with Crippen LogP contribution >= 0.6 is 0 Å². The van der Waals surface area contributed by atoms with Crippen molar-refractivity contribution in [2.45, 2.75) is 19.6 Å². The van der Waals surface area contributed by atoms with E-state index in [9.17, 15) is 28.0 Å². The van der Waals surface area contributed by atoms with Crippen LogP contribution in [-0.4, -0.2) is 19.6 Å². The van der Waals surface area contributed by atoms with Gasteiger partial charge >= 0.3 is 17.1 Å². The third-order valence-electron chi connectivity index (χ3n) is 3.46. The highest BCUT2D eigenvalue weighted by Gasteiger charge is 2.17. The number of rotatable bonds is 7. The summed E-state index contributed by atoms with van der Waals surface area (Å²) in [6.45, 7) is 5.76. The van der Waals surface area contributed by atoms with E-state index < -0.39 is 41.2 Å². The van der Waals surface area contributed by atoms with E-state index in [2.05, 4.69) is 18.5 Å². The first kappa shape index (κ1) is 19.8. The lowest BCUT2D eigenvalue weighted by atomic mass is 10.3. The van der Waals surface area contributed by atoms with Crippen LogP contribution < -0.4 is 22.4 Å². The molecule has 0 unspecified atom stereocenters. The number of anilines is 1. The standard InChI is InChI=1S/C17H16F2N4O4/c1-3-5-21-15(25)22(6-4-2)17(27)23(16(21)26)10-14(24)20-13-8-11(18)7-12(19)9-13/h3-4,7-9H,1-2,5-6,10H2,(H,20,24). The fourth-order valence-corrected chi connectivity index (χ4v) is 2.36. The molecule has 10 heteroatoms. The zero-order valence-corrected chi connectivity index (χ0v) is 14.2. The zero-order valence-electron chi connectivity index (χ0n) is 14.2. The SMILES string of the molecule is C=CCn1c(=O)n(CC=C)c(=O)n(CC(=O)Nc2cc(F)cc(F)c2)c1=O. The second kappa shape index (κ2) is 8.21. The van der Waals surface area contributed by atoms with Gasteiger partial charge in [-0.2, -0.15) is 0 Å². The summed E-state index contributed by atoms with van der Waals surface area (Å²) < 4.78 is 28.4. The van der Waals surface area contributed by atoms with Gasteiger partial charge in [0.15, 0.2) is 0 Å². The number of hydrogen-bond acceptors (Lipinski definition) is 4. The first-order chi connectivity index (χ1) is 12.8. The van der Waals surface area contributed by atoms with Gasteiger partial charge < -0.3 is 5.32 Å². The highest BCUT2D eigenvalue weighted by molar-refractivity contribution is 5.90. The number of carbonyl (C=O) groups is 1. The Morgan fingerprint density at radius 2 is 1.33 bits per heavy atom. The van der Waals surface area contributed by atoms with Gasteiger partial charge in [0, 0.05) is 11.8 Å². The van der Waals surface area contributed by atoms with Crippen LogP contribution in [0.25, 0.3) is 0 Å². The summed E-state index contributed by atoms with van der Waals surface area (Å²) in [6, 6.07) is 2.37. The molecule has 0 saturated heterocycles. The van der Waals surface area contributed by atoms with E-state index in [-0.39, 0.29) is 18.8 Å². The van der Waals surface area contributed by atoms with Gasteiger partial charge in [0.2, 0.25) is 5.91 Å². The molecule has 1 aromatic heterocycles. The van der Waals surface area contributed by atoms with Crippen molar-refractivity contribution in [3.8, 4) is 0 Å². The summed E-state index contributed by atoms with van der Waals surface area (Å²) in [5.74, 6) is -2.70. The van der Waals surface area contributed by atoms with E-state index in [1.165, 1.54) is 12.2 Å². The van der Waals surface area contributed by atoms with Gasteiger partial charge in [0.1, 0.15) is 18.2 Å². The number of halogens is 2. The van der Waals surface area contributed by atoms with Gasteiger partial charge in [-0.25, -0.2) is 36.9 Å². The number of nitrogens with one attached hydrogen (secondary N) is 1. The molecule has 1 N–H and O–H groups in total. The molecule has 0 spiro atoms. The van der Waals surface area contributed by atoms with E-state index in [0.717, 1.165) is 21.3 Å². The Labute approximate surface area is 151 Å². The Hall–Kier alpha value is -3.56. The topological polar surface area (TPSA) is 95.1 Å².